The molecule has 0 atom stereocenters. The van der Waals surface area contributed by atoms with Gasteiger partial charge in [0.25, 0.3) is 0 Å². The van der Waals surface area contributed by atoms with E-state index in [0.717, 1.165) is 14.7 Å². The lowest BCUT2D eigenvalue weighted by atomic mass is 10.3. The summed E-state index contributed by atoms with van der Waals surface area (Å²) < 4.78 is 38.9. The number of sulfonamides is 1. The number of halogens is 1. The van der Waals surface area contributed by atoms with Gasteiger partial charge < -0.3 is 19.8 Å². The molecule has 0 aliphatic carbocycles. The summed E-state index contributed by atoms with van der Waals surface area (Å²) in [4.78, 5) is 13.8. The standard InChI is InChI=1S/C15H15IN6O4S2/c1-28(23,24)20-2-3-22-14-12(13(17)18-6-19-14)21-15(22)27-11-5-10-9(4-8(11)16)25-7-26-10/h4-6,20H,2-3,7H2,1H3,(H2,17,18,19). The maximum atomic E-state index is 11.4. The van der Waals surface area contributed by atoms with Crippen molar-refractivity contribution < 1.29 is 17.9 Å². The van der Waals surface area contributed by atoms with Gasteiger partial charge in [-0.3, -0.25) is 0 Å². The zero-order chi connectivity index (χ0) is 19.9. The van der Waals surface area contributed by atoms with E-state index in [9.17, 15) is 8.42 Å². The van der Waals surface area contributed by atoms with Gasteiger partial charge in [0.2, 0.25) is 16.8 Å². The molecule has 1 aliphatic rings. The van der Waals surface area contributed by atoms with Crippen LogP contribution in [0.15, 0.2) is 28.5 Å². The van der Waals surface area contributed by atoms with Crippen LogP contribution in [0.2, 0.25) is 0 Å². The fourth-order valence-corrected chi connectivity index (χ4v) is 4.81. The van der Waals surface area contributed by atoms with Gasteiger partial charge in [-0.05, 0) is 34.7 Å². The minimum atomic E-state index is -3.30. The van der Waals surface area contributed by atoms with Crippen LogP contribution in [0.25, 0.3) is 11.2 Å². The van der Waals surface area contributed by atoms with Gasteiger partial charge in [-0.2, -0.15) is 0 Å². The van der Waals surface area contributed by atoms with E-state index in [2.05, 4.69) is 42.3 Å². The second kappa shape index (κ2) is 7.53. The largest absolute Gasteiger partial charge is 0.454 e. The molecule has 0 amide bonds. The van der Waals surface area contributed by atoms with E-state index in [-0.39, 0.29) is 19.2 Å². The van der Waals surface area contributed by atoms with Crippen LogP contribution in [0, 0.1) is 3.57 Å². The van der Waals surface area contributed by atoms with Crippen molar-refractivity contribution in [3.63, 3.8) is 0 Å². The molecule has 0 saturated heterocycles. The Kier molecular flexibility index (Phi) is 5.24. The van der Waals surface area contributed by atoms with Crippen molar-refractivity contribution in [2.24, 2.45) is 0 Å². The van der Waals surface area contributed by atoms with Crippen molar-refractivity contribution in [1.82, 2.24) is 24.2 Å². The summed E-state index contributed by atoms with van der Waals surface area (Å²) >= 11 is 3.63. The van der Waals surface area contributed by atoms with Crippen LogP contribution >= 0.6 is 34.4 Å². The lowest BCUT2D eigenvalue weighted by Crippen LogP contribution is -2.26. The Morgan fingerprint density at radius 1 is 1.32 bits per heavy atom. The number of nitrogens with zero attached hydrogens (tertiary/aromatic N) is 4. The summed E-state index contributed by atoms with van der Waals surface area (Å²) in [7, 11) is -3.30. The third-order valence-electron chi connectivity index (χ3n) is 3.85. The lowest BCUT2D eigenvalue weighted by molar-refractivity contribution is 0.174. The number of ether oxygens (including phenoxy) is 2. The Hall–Kier alpha value is -1.84. The van der Waals surface area contributed by atoms with Gasteiger partial charge in [-0.15, -0.1) is 0 Å². The van der Waals surface area contributed by atoms with Crippen LogP contribution < -0.4 is 19.9 Å². The highest BCUT2D eigenvalue weighted by atomic mass is 127. The number of aromatic nitrogens is 4. The second-order valence-corrected chi connectivity index (χ2v) is 9.89. The molecule has 0 fully saturated rings. The molecule has 0 saturated carbocycles. The number of nitrogens with one attached hydrogen (secondary N) is 1. The first-order valence-electron chi connectivity index (χ1n) is 8.00. The number of hydrogen-bond donors (Lipinski definition) is 2. The van der Waals surface area contributed by atoms with Crippen LogP contribution in [-0.2, 0) is 16.6 Å². The molecule has 1 aliphatic heterocycles. The first kappa shape index (κ1) is 19.5. The number of nitrogens with two attached hydrogens (primary N) is 1. The van der Waals surface area contributed by atoms with Gasteiger partial charge in [0.1, 0.15) is 6.33 Å². The van der Waals surface area contributed by atoms with Crippen molar-refractivity contribution in [1.29, 1.82) is 0 Å². The molecule has 3 heterocycles. The highest BCUT2D eigenvalue weighted by Gasteiger charge is 2.20. The summed E-state index contributed by atoms with van der Waals surface area (Å²) in [5.41, 5.74) is 6.96. The highest BCUT2D eigenvalue weighted by molar-refractivity contribution is 14.1. The van der Waals surface area contributed by atoms with E-state index in [1.165, 1.54) is 18.1 Å². The number of fused-ring (bicyclic) bond motifs is 2. The van der Waals surface area contributed by atoms with Crippen LogP contribution in [0.4, 0.5) is 5.82 Å². The Morgan fingerprint density at radius 2 is 2.07 bits per heavy atom. The van der Waals surface area contributed by atoms with Crippen molar-refractivity contribution in [3.8, 4) is 11.5 Å². The van der Waals surface area contributed by atoms with Gasteiger partial charge in [0, 0.05) is 21.6 Å². The molecule has 2 aromatic heterocycles. The maximum Gasteiger partial charge on any atom is 0.231 e. The first-order valence-corrected chi connectivity index (χ1v) is 11.8. The minimum absolute atomic E-state index is 0.194. The minimum Gasteiger partial charge on any atom is -0.454 e. The number of nitrogen functional groups attached to an aromatic ring is 1. The molecule has 148 valence electrons. The van der Waals surface area contributed by atoms with Crippen LogP contribution in [0.3, 0.4) is 0 Å². The number of anilines is 1. The van der Waals surface area contributed by atoms with E-state index in [1.807, 2.05) is 16.7 Å². The predicted octanol–water partition coefficient (Wildman–Crippen LogP) is 1.44. The molecule has 0 spiro atoms. The van der Waals surface area contributed by atoms with Crippen molar-refractivity contribution in [2.75, 3.05) is 25.3 Å². The van der Waals surface area contributed by atoms with Gasteiger partial charge >= 0.3 is 0 Å². The molecular formula is C15H15IN6O4S2. The SMILES string of the molecule is CS(=O)(=O)NCCn1c(Sc2cc3c(cc2I)OCO3)nc2c(N)ncnc21. The molecule has 0 bridgehead atoms. The quantitative estimate of drug-likeness (QED) is 0.451. The Balaban J connectivity index is 1.71. The molecule has 10 nitrogen and oxygen atoms in total. The van der Waals surface area contributed by atoms with E-state index >= 15 is 0 Å². The third kappa shape index (κ3) is 3.97. The fraction of sp³-hybridized carbons (Fsp3) is 0.267. The monoisotopic (exact) mass is 534 g/mol. The highest BCUT2D eigenvalue weighted by Crippen LogP contribution is 2.41. The summed E-state index contributed by atoms with van der Waals surface area (Å²) in [6.07, 6.45) is 2.47. The molecule has 0 radical (unpaired) electrons. The summed E-state index contributed by atoms with van der Waals surface area (Å²) in [5.74, 6) is 1.64. The Labute approximate surface area is 178 Å². The number of imidazole rings is 1. The molecule has 28 heavy (non-hydrogen) atoms. The summed E-state index contributed by atoms with van der Waals surface area (Å²) in [5, 5.41) is 0.620. The smallest absolute Gasteiger partial charge is 0.231 e. The average Bonchev–Trinajstić information content (AvgIpc) is 3.20. The van der Waals surface area contributed by atoms with E-state index in [4.69, 9.17) is 15.2 Å². The molecule has 3 aromatic rings. The number of rotatable bonds is 6. The van der Waals surface area contributed by atoms with Gasteiger partial charge in [0.15, 0.2) is 33.6 Å². The molecule has 4 rings (SSSR count). The van der Waals surface area contributed by atoms with E-state index in [0.29, 0.717) is 34.4 Å². The van der Waals surface area contributed by atoms with E-state index in [1.54, 1.807) is 0 Å². The fourth-order valence-electron chi connectivity index (χ4n) is 2.63. The number of benzene rings is 1. The molecule has 1 aromatic carbocycles. The topological polar surface area (TPSA) is 134 Å². The zero-order valence-corrected chi connectivity index (χ0v) is 18.3. The molecule has 0 unspecified atom stereocenters. The van der Waals surface area contributed by atoms with Crippen molar-refractivity contribution in [3.05, 3.63) is 22.0 Å². The summed E-state index contributed by atoms with van der Waals surface area (Å²) in [6, 6.07) is 3.79. The number of hydrogen-bond acceptors (Lipinski definition) is 9. The first-order chi connectivity index (χ1) is 13.3. The molecule has 13 heteroatoms. The van der Waals surface area contributed by atoms with Gasteiger partial charge in [-0.25, -0.2) is 28.1 Å². The molecule has 3 N–H and O–H groups in total. The summed E-state index contributed by atoms with van der Waals surface area (Å²) in [6.45, 7) is 0.727. The van der Waals surface area contributed by atoms with Crippen molar-refractivity contribution in [2.45, 2.75) is 16.6 Å². The Bertz CT molecular complexity index is 1170. The van der Waals surface area contributed by atoms with Crippen molar-refractivity contribution >= 4 is 61.4 Å². The van der Waals surface area contributed by atoms with Gasteiger partial charge in [-0.1, -0.05) is 11.8 Å². The van der Waals surface area contributed by atoms with Crippen LogP contribution in [-0.4, -0.2) is 47.5 Å². The average molecular weight is 534 g/mol. The maximum absolute atomic E-state index is 11.4. The predicted molar refractivity (Wildman–Crippen MR) is 112 cm³/mol. The molecular weight excluding hydrogens is 519 g/mol. The van der Waals surface area contributed by atoms with Gasteiger partial charge in [0.05, 0.1) is 6.26 Å². The third-order valence-corrected chi connectivity index (χ3v) is 6.89. The Morgan fingerprint density at radius 3 is 2.82 bits per heavy atom. The van der Waals surface area contributed by atoms with E-state index < -0.39 is 10.0 Å². The zero-order valence-electron chi connectivity index (χ0n) is 14.5. The second-order valence-electron chi connectivity index (χ2n) is 5.88. The van der Waals surface area contributed by atoms with Crippen LogP contribution in [0.1, 0.15) is 0 Å². The lowest BCUT2D eigenvalue weighted by Gasteiger charge is -2.10. The normalized spacial score (nSPS) is 13.4. The van der Waals surface area contributed by atoms with Crippen LogP contribution in [0.5, 0.6) is 11.5 Å².